The molecule has 1 heterocycles. The van der Waals surface area contributed by atoms with Crippen molar-refractivity contribution >= 4 is 24.0 Å². The molecule has 0 unspecified atom stereocenters. The number of carbonyl (C=O) groups is 2. The van der Waals surface area contributed by atoms with Gasteiger partial charge < -0.3 is 15.0 Å². The molecule has 0 aliphatic rings. The molecule has 1 aromatic heterocycles. The number of carbonyl (C=O) groups excluding carboxylic acids is 2. The molecule has 0 aliphatic carbocycles. The van der Waals surface area contributed by atoms with Crippen molar-refractivity contribution < 1.29 is 14.3 Å². The number of nitrogens with zero attached hydrogens (tertiary/aromatic N) is 2. The van der Waals surface area contributed by atoms with E-state index in [4.69, 9.17) is 17.3 Å². The molecule has 15 heavy (non-hydrogen) atoms. The normalized spacial score (nSPS) is 10.0. The van der Waals surface area contributed by atoms with Crippen LogP contribution in [-0.4, -0.2) is 28.5 Å². The lowest BCUT2D eigenvalue weighted by atomic mass is 10.5. The van der Waals surface area contributed by atoms with Crippen LogP contribution >= 0.6 is 11.6 Å². The summed E-state index contributed by atoms with van der Waals surface area (Å²) < 4.78 is 6.09. The second-order valence-electron chi connectivity index (χ2n) is 2.77. The predicted octanol–water partition coefficient (Wildman–Crippen LogP) is 0.753. The first-order chi connectivity index (χ1) is 7.06. The van der Waals surface area contributed by atoms with E-state index < -0.39 is 6.09 Å². The molecule has 0 radical (unpaired) electrons. The number of primary amides is 1. The van der Waals surface area contributed by atoms with E-state index in [9.17, 15) is 9.59 Å². The van der Waals surface area contributed by atoms with Crippen LogP contribution in [0.25, 0.3) is 0 Å². The number of aryl methyl sites for hydroxylation is 1. The fraction of sp³-hybridized carbons (Fsp3) is 0.375. The minimum atomic E-state index is -0.855. The van der Waals surface area contributed by atoms with Gasteiger partial charge in [0.25, 0.3) is 0 Å². The third-order valence-electron chi connectivity index (χ3n) is 1.82. The highest BCUT2D eigenvalue weighted by molar-refractivity contribution is 6.31. The van der Waals surface area contributed by atoms with Crippen LogP contribution in [-0.2, 0) is 11.3 Å². The molecule has 0 saturated heterocycles. The minimum Gasteiger partial charge on any atom is -0.448 e. The van der Waals surface area contributed by atoms with Crippen LogP contribution < -0.4 is 5.73 Å². The van der Waals surface area contributed by atoms with E-state index in [1.54, 1.807) is 11.5 Å². The lowest BCUT2D eigenvalue weighted by molar-refractivity contribution is 0.111. The Morgan fingerprint density at radius 1 is 1.73 bits per heavy atom. The average Bonchev–Trinajstić information content (AvgIpc) is 2.41. The van der Waals surface area contributed by atoms with Gasteiger partial charge >= 0.3 is 6.09 Å². The van der Waals surface area contributed by atoms with Crippen molar-refractivity contribution in [2.75, 3.05) is 6.61 Å². The van der Waals surface area contributed by atoms with Gasteiger partial charge in [0.05, 0.1) is 6.54 Å². The average molecular weight is 232 g/mol. The number of aromatic nitrogens is 2. The number of aldehydes is 1. The molecule has 7 heteroatoms. The van der Waals surface area contributed by atoms with Crippen LogP contribution in [0, 0.1) is 6.92 Å². The van der Waals surface area contributed by atoms with Crippen molar-refractivity contribution in [3.8, 4) is 0 Å². The summed E-state index contributed by atoms with van der Waals surface area (Å²) in [5.74, 6) is 0.579. The van der Waals surface area contributed by atoms with Crippen molar-refractivity contribution in [2.24, 2.45) is 5.73 Å². The van der Waals surface area contributed by atoms with Crippen LogP contribution in [0.15, 0.2) is 0 Å². The molecule has 0 atom stereocenters. The Kier molecular flexibility index (Phi) is 3.68. The van der Waals surface area contributed by atoms with Crippen LogP contribution in [0.4, 0.5) is 4.79 Å². The first-order valence-electron chi connectivity index (χ1n) is 4.16. The number of hydrogen-bond donors (Lipinski definition) is 1. The molecule has 0 spiro atoms. The Labute approximate surface area is 91.0 Å². The van der Waals surface area contributed by atoms with Gasteiger partial charge in [0.15, 0.2) is 11.4 Å². The van der Waals surface area contributed by atoms with Gasteiger partial charge in [0.1, 0.15) is 18.1 Å². The molecule has 82 valence electrons. The van der Waals surface area contributed by atoms with Crippen molar-refractivity contribution in [2.45, 2.75) is 13.5 Å². The Morgan fingerprint density at radius 2 is 2.40 bits per heavy atom. The smallest absolute Gasteiger partial charge is 0.404 e. The molecule has 0 bridgehead atoms. The third-order valence-corrected chi connectivity index (χ3v) is 2.10. The molecular formula is C8H10ClN3O3. The highest BCUT2D eigenvalue weighted by atomic mass is 35.5. The maximum atomic E-state index is 10.7. The summed E-state index contributed by atoms with van der Waals surface area (Å²) >= 11 is 5.70. The van der Waals surface area contributed by atoms with Crippen LogP contribution in [0.3, 0.4) is 0 Å². The Bertz CT molecular complexity index is 389. The summed E-state index contributed by atoms with van der Waals surface area (Å²) in [6.45, 7) is 2.06. The number of rotatable bonds is 4. The fourth-order valence-corrected chi connectivity index (χ4v) is 1.45. The number of nitrogens with two attached hydrogens (primary N) is 1. The van der Waals surface area contributed by atoms with Gasteiger partial charge in [0, 0.05) is 0 Å². The maximum absolute atomic E-state index is 10.7. The first-order valence-corrected chi connectivity index (χ1v) is 4.54. The van der Waals surface area contributed by atoms with Gasteiger partial charge in [-0.1, -0.05) is 11.6 Å². The molecule has 0 saturated carbocycles. The number of halogens is 1. The highest BCUT2D eigenvalue weighted by Gasteiger charge is 2.12. The SMILES string of the molecule is Cc1nc(Cl)c(C=O)n1CCOC(N)=O. The Balaban J connectivity index is 2.75. The Morgan fingerprint density at radius 3 is 2.93 bits per heavy atom. The molecule has 6 nitrogen and oxygen atoms in total. The maximum Gasteiger partial charge on any atom is 0.404 e. The minimum absolute atomic E-state index is 0.0731. The topological polar surface area (TPSA) is 87.2 Å². The van der Waals surface area contributed by atoms with Crippen LogP contribution in [0.2, 0.25) is 5.15 Å². The first kappa shape index (κ1) is 11.5. The molecule has 0 aromatic carbocycles. The van der Waals surface area contributed by atoms with E-state index in [2.05, 4.69) is 9.72 Å². The second-order valence-corrected chi connectivity index (χ2v) is 3.13. The third kappa shape index (κ3) is 2.69. The van der Waals surface area contributed by atoms with Gasteiger partial charge in [-0.25, -0.2) is 9.78 Å². The van der Waals surface area contributed by atoms with Crippen molar-refractivity contribution in [3.05, 3.63) is 16.7 Å². The predicted molar refractivity (Wildman–Crippen MR) is 52.9 cm³/mol. The number of imidazole rings is 1. The largest absolute Gasteiger partial charge is 0.448 e. The van der Waals surface area contributed by atoms with Gasteiger partial charge in [-0.2, -0.15) is 0 Å². The number of hydrogen-bond acceptors (Lipinski definition) is 4. The highest BCUT2D eigenvalue weighted by Crippen LogP contribution is 2.14. The molecular weight excluding hydrogens is 222 g/mol. The van der Waals surface area contributed by atoms with Gasteiger partial charge in [-0.3, -0.25) is 4.79 Å². The lowest BCUT2D eigenvalue weighted by Gasteiger charge is -2.06. The van der Waals surface area contributed by atoms with Gasteiger partial charge in [0.2, 0.25) is 0 Å². The Hall–Kier alpha value is -1.56. The fourth-order valence-electron chi connectivity index (χ4n) is 1.18. The summed E-state index contributed by atoms with van der Waals surface area (Å²) in [6, 6.07) is 0. The molecule has 1 rings (SSSR count). The standard InChI is InChI=1S/C8H10ClN3O3/c1-5-11-7(9)6(4-13)12(5)2-3-15-8(10)14/h4H,2-3H2,1H3,(H2,10,14). The molecule has 1 aromatic rings. The molecule has 0 aliphatic heterocycles. The molecule has 2 N–H and O–H groups in total. The van der Waals surface area contributed by atoms with E-state index in [0.29, 0.717) is 18.7 Å². The zero-order valence-corrected chi connectivity index (χ0v) is 8.82. The van der Waals surface area contributed by atoms with Crippen molar-refractivity contribution in [3.63, 3.8) is 0 Å². The van der Waals surface area contributed by atoms with Crippen LogP contribution in [0.5, 0.6) is 0 Å². The van der Waals surface area contributed by atoms with E-state index in [-0.39, 0.29) is 17.5 Å². The summed E-state index contributed by atoms with van der Waals surface area (Å²) in [7, 11) is 0. The van der Waals surface area contributed by atoms with E-state index in [1.165, 1.54) is 0 Å². The lowest BCUT2D eigenvalue weighted by Crippen LogP contribution is -2.18. The summed E-state index contributed by atoms with van der Waals surface area (Å²) in [4.78, 5) is 24.9. The summed E-state index contributed by atoms with van der Waals surface area (Å²) in [5.41, 5.74) is 5.05. The monoisotopic (exact) mass is 231 g/mol. The van der Waals surface area contributed by atoms with Crippen molar-refractivity contribution in [1.82, 2.24) is 9.55 Å². The van der Waals surface area contributed by atoms with E-state index in [1.807, 2.05) is 0 Å². The van der Waals surface area contributed by atoms with Gasteiger partial charge in [-0.15, -0.1) is 0 Å². The number of ether oxygens (including phenoxy) is 1. The molecule has 0 fully saturated rings. The van der Waals surface area contributed by atoms with Crippen molar-refractivity contribution in [1.29, 1.82) is 0 Å². The van der Waals surface area contributed by atoms with E-state index in [0.717, 1.165) is 0 Å². The number of amides is 1. The zero-order chi connectivity index (χ0) is 11.4. The second kappa shape index (κ2) is 4.79. The summed E-state index contributed by atoms with van der Waals surface area (Å²) in [6.07, 6.45) is -0.251. The quantitative estimate of drug-likeness (QED) is 0.775. The zero-order valence-electron chi connectivity index (χ0n) is 8.07. The molecule has 1 amide bonds. The summed E-state index contributed by atoms with van der Waals surface area (Å²) in [5, 5.41) is 0.140. The van der Waals surface area contributed by atoms with Gasteiger partial charge in [-0.05, 0) is 6.92 Å². The van der Waals surface area contributed by atoms with E-state index >= 15 is 0 Å². The van der Waals surface area contributed by atoms with Crippen LogP contribution in [0.1, 0.15) is 16.3 Å².